The van der Waals surface area contributed by atoms with Crippen molar-refractivity contribution in [3.63, 3.8) is 0 Å². The molecule has 5 nitrogen and oxygen atoms in total. The summed E-state index contributed by atoms with van der Waals surface area (Å²) in [7, 11) is 0. The summed E-state index contributed by atoms with van der Waals surface area (Å²) in [5.74, 6) is 0. The fourth-order valence-electron chi connectivity index (χ4n) is 0.535. The van der Waals surface area contributed by atoms with E-state index < -0.39 is 18.3 Å². The summed E-state index contributed by atoms with van der Waals surface area (Å²) in [6, 6.07) is 0. The lowest BCUT2D eigenvalue weighted by molar-refractivity contribution is -0.0509. The van der Waals surface area contributed by atoms with Crippen LogP contribution in [-0.2, 0) is 0 Å². The summed E-state index contributed by atoms with van der Waals surface area (Å²) in [5, 5.41) is 26.6. The molecule has 0 saturated heterocycles. The molecule has 0 heterocycles. The van der Waals surface area contributed by atoms with E-state index in [2.05, 4.69) is 0 Å². The van der Waals surface area contributed by atoms with Gasteiger partial charge in [-0.05, 0) is 0 Å². The van der Waals surface area contributed by atoms with E-state index in [0.29, 0.717) is 0 Å². The standard InChI is InChI=1S/C5H14N2O3.2ClH/c6-1-3(8)5(10)4(9)2-7;;/h3-5,8-10H,1-2,6-7H2;2*1H/t3-,4+,5+;;. The molecule has 0 bridgehead atoms. The van der Waals surface area contributed by atoms with Crippen molar-refractivity contribution in [1.29, 1.82) is 0 Å². The molecule has 0 aromatic heterocycles. The zero-order valence-corrected chi connectivity index (χ0v) is 8.09. The van der Waals surface area contributed by atoms with Gasteiger partial charge in [0.05, 0.1) is 12.2 Å². The maximum Gasteiger partial charge on any atom is 0.108 e. The quantitative estimate of drug-likeness (QED) is 0.372. The van der Waals surface area contributed by atoms with Crippen LogP contribution in [0.4, 0.5) is 0 Å². The molecule has 3 atom stereocenters. The van der Waals surface area contributed by atoms with E-state index in [9.17, 15) is 0 Å². The Bertz CT molecular complexity index is 88.8. The van der Waals surface area contributed by atoms with Gasteiger partial charge in [0.2, 0.25) is 0 Å². The van der Waals surface area contributed by atoms with Crippen LogP contribution in [0.3, 0.4) is 0 Å². The van der Waals surface area contributed by atoms with E-state index in [1.165, 1.54) is 0 Å². The Morgan fingerprint density at radius 1 is 0.833 bits per heavy atom. The summed E-state index contributed by atoms with van der Waals surface area (Å²) >= 11 is 0. The molecule has 0 fully saturated rings. The average Bonchev–Trinajstić information content (AvgIpc) is 2.00. The van der Waals surface area contributed by atoms with Gasteiger partial charge in [-0.15, -0.1) is 24.8 Å². The topological polar surface area (TPSA) is 113 Å². The van der Waals surface area contributed by atoms with Crippen molar-refractivity contribution in [2.75, 3.05) is 13.1 Å². The zero-order chi connectivity index (χ0) is 8.15. The van der Waals surface area contributed by atoms with Gasteiger partial charge in [0.1, 0.15) is 6.10 Å². The van der Waals surface area contributed by atoms with Crippen molar-refractivity contribution in [3.8, 4) is 0 Å². The first-order valence-corrected chi connectivity index (χ1v) is 3.07. The lowest BCUT2D eigenvalue weighted by Gasteiger charge is -2.19. The van der Waals surface area contributed by atoms with Gasteiger partial charge < -0.3 is 26.8 Å². The number of rotatable bonds is 4. The largest absolute Gasteiger partial charge is 0.389 e. The van der Waals surface area contributed by atoms with Crippen LogP contribution in [0.2, 0.25) is 0 Å². The predicted octanol–water partition coefficient (Wildman–Crippen LogP) is -2.17. The molecule has 0 aliphatic heterocycles. The number of aliphatic hydroxyl groups excluding tert-OH is 3. The third-order valence-electron chi connectivity index (χ3n) is 1.27. The fourth-order valence-corrected chi connectivity index (χ4v) is 0.535. The Labute approximate surface area is 83.6 Å². The third-order valence-corrected chi connectivity index (χ3v) is 1.27. The van der Waals surface area contributed by atoms with E-state index in [1.807, 2.05) is 0 Å². The van der Waals surface area contributed by atoms with Crippen LogP contribution in [0.1, 0.15) is 0 Å². The van der Waals surface area contributed by atoms with Gasteiger partial charge >= 0.3 is 0 Å². The molecule has 0 aliphatic rings. The van der Waals surface area contributed by atoms with Gasteiger partial charge in [0.25, 0.3) is 0 Å². The minimum Gasteiger partial charge on any atom is -0.389 e. The highest BCUT2D eigenvalue weighted by atomic mass is 35.5. The van der Waals surface area contributed by atoms with Crippen molar-refractivity contribution in [2.24, 2.45) is 11.5 Å². The molecule has 12 heavy (non-hydrogen) atoms. The number of halogens is 2. The van der Waals surface area contributed by atoms with Crippen LogP contribution < -0.4 is 11.5 Å². The summed E-state index contributed by atoms with van der Waals surface area (Å²) in [6.45, 7) is -0.170. The predicted molar refractivity (Wildman–Crippen MR) is 50.6 cm³/mol. The molecule has 0 radical (unpaired) electrons. The molecule has 0 spiro atoms. The second-order valence-electron chi connectivity index (χ2n) is 2.10. The van der Waals surface area contributed by atoms with E-state index in [-0.39, 0.29) is 37.9 Å². The van der Waals surface area contributed by atoms with Crippen LogP contribution in [0.25, 0.3) is 0 Å². The number of aliphatic hydroxyl groups is 3. The van der Waals surface area contributed by atoms with Crippen LogP contribution >= 0.6 is 24.8 Å². The Kier molecular flexibility index (Phi) is 14.4. The Balaban J connectivity index is -0.000000405. The number of hydrogen-bond donors (Lipinski definition) is 5. The van der Waals surface area contributed by atoms with Crippen molar-refractivity contribution >= 4 is 24.8 Å². The normalized spacial score (nSPS) is 16.8. The Morgan fingerprint density at radius 2 is 1.08 bits per heavy atom. The average molecular weight is 223 g/mol. The van der Waals surface area contributed by atoms with Gasteiger partial charge in [0, 0.05) is 13.1 Å². The number of nitrogens with two attached hydrogens (primary N) is 2. The molecule has 0 aromatic carbocycles. The monoisotopic (exact) mass is 222 g/mol. The van der Waals surface area contributed by atoms with Crippen LogP contribution in [0, 0.1) is 0 Å². The Hall–Kier alpha value is 0.380. The van der Waals surface area contributed by atoms with E-state index in [0.717, 1.165) is 0 Å². The highest BCUT2D eigenvalue weighted by Crippen LogP contribution is 1.96. The molecular weight excluding hydrogens is 207 g/mol. The van der Waals surface area contributed by atoms with Gasteiger partial charge in [-0.3, -0.25) is 0 Å². The third kappa shape index (κ3) is 5.96. The smallest absolute Gasteiger partial charge is 0.108 e. The molecule has 78 valence electrons. The maximum atomic E-state index is 8.93. The second kappa shape index (κ2) is 9.47. The molecule has 0 aromatic rings. The van der Waals surface area contributed by atoms with Crippen LogP contribution in [0.15, 0.2) is 0 Å². The molecule has 0 saturated carbocycles. The maximum absolute atomic E-state index is 8.93. The second-order valence-corrected chi connectivity index (χ2v) is 2.10. The van der Waals surface area contributed by atoms with E-state index in [4.69, 9.17) is 26.8 Å². The molecule has 7 N–H and O–H groups in total. The van der Waals surface area contributed by atoms with Crippen molar-refractivity contribution in [2.45, 2.75) is 18.3 Å². The van der Waals surface area contributed by atoms with Gasteiger partial charge in [-0.25, -0.2) is 0 Å². The summed E-state index contributed by atoms with van der Waals surface area (Å²) in [4.78, 5) is 0. The van der Waals surface area contributed by atoms with E-state index >= 15 is 0 Å². The summed E-state index contributed by atoms with van der Waals surface area (Å²) in [6.07, 6.45) is -3.44. The van der Waals surface area contributed by atoms with Crippen LogP contribution in [0.5, 0.6) is 0 Å². The number of hydrogen-bond acceptors (Lipinski definition) is 5. The first-order chi connectivity index (χ1) is 4.63. The highest BCUT2D eigenvalue weighted by molar-refractivity contribution is 5.85. The van der Waals surface area contributed by atoms with Gasteiger partial charge in [-0.2, -0.15) is 0 Å². The fraction of sp³-hybridized carbons (Fsp3) is 1.00. The zero-order valence-electron chi connectivity index (χ0n) is 6.46. The molecule has 7 heteroatoms. The van der Waals surface area contributed by atoms with Gasteiger partial charge in [-0.1, -0.05) is 0 Å². The minimum absolute atomic E-state index is 0. The lowest BCUT2D eigenvalue weighted by Crippen LogP contribution is -2.44. The van der Waals surface area contributed by atoms with Crippen molar-refractivity contribution in [1.82, 2.24) is 0 Å². The molecule has 0 unspecified atom stereocenters. The lowest BCUT2D eigenvalue weighted by atomic mass is 10.1. The molecule has 0 amide bonds. The first kappa shape index (κ1) is 18.2. The van der Waals surface area contributed by atoms with Crippen molar-refractivity contribution in [3.05, 3.63) is 0 Å². The van der Waals surface area contributed by atoms with Crippen LogP contribution in [-0.4, -0.2) is 46.7 Å². The molecule has 0 rings (SSSR count). The SMILES string of the molecule is Cl.Cl.NC[C@@H](O)[C@H](O)[C@@H](O)CN. The summed E-state index contributed by atoms with van der Waals surface area (Å²) < 4.78 is 0. The highest BCUT2D eigenvalue weighted by Gasteiger charge is 2.21. The Morgan fingerprint density at radius 3 is 1.25 bits per heavy atom. The minimum atomic E-state index is -1.24. The first-order valence-electron chi connectivity index (χ1n) is 3.07. The van der Waals surface area contributed by atoms with Gasteiger partial charge in [0.15, 0.2) is 0 Å². The molecule has 0 aliphatic carbocycles. The van der Waals surface area contributed by atoms with E-state index in [1.54, 1.807) is 0 Å². The molecular formula is C5H16Cl2N2O3. The summed E-state index contributed by atoms with van der Waals surface area (Å²) in [5.41, 5.74) is 10.0. The van der Waals surface area contributed by atoms with Crippen molar-refractivity contribution < 1.29 is 15.3 Å².